The molecule has 23 heavy (non-hydrogen) atoms. The number of thioether (sulfide) groups is 1. The summed E-state index contributed by atoms with van der Waals surface area (Å²) in [6.45, 7) is 1.71. The van der Waals surface area contributed by atoms with Gasteiger partial charge in [-0.05, 0) is 19.8 Å². The van der Waals surface area contributed by atoms with Crippen LogP contribution in [-0.4, -0.2) is 38.4 Å². The molecule has 3 rings (SSSR count). The van der Waals surface area contributed by atoms with Crippen molar-refractivity contribution in [3.63, 3.8) is 0 Å². The summed E-state index contributed by atoms with van der Waals surface area (Å²) in [6, 6.07) is 9.38. The van der Waals surface area contributed by atoms with Crippen molar-refractivity contribution in [2.24, 2.45) is 0 Å². The number of hydrogen-bond acceptors (Lipinski definition) is 5. The molecule has 0 bridgehead atoms. The molecule has 1 aliphatic rings. The van der Waals surface area contributed by atoms with Crippen LogP contribution in [0.4, 0.5) is 4.79 Å². The number of urea groups is 1. The van der Waals surface area contributed by atoms with Crippen molar-refractivity contribution in [1.82, 2.24) is 25.8 Å². The standard InChI is InChI=1S/C15H17N5O2S/c1-9(13(21)18-14(22)16-11-7-8-11)23-15-17-12(19-20-15)10-5-3-2-4-6-10/h2-6,9,11H,7-8H2,1H3,(H,17,19,20)(H2,16,18,21,22). The van der Waals surface area contributed by atoms with Gasteiger partial charge in [0.25, 0.3) is 0 Å². The van der Waals surface area contributed by atoms with Crippen molar-refractivity contribution in [2.45, 2.75) is 36.2 Å². The third-order valence-electron chi connectivity index (χ3n) is 3.31. The van der Waals surface area contributed by atoms with Gasteiger partial charge in [0, 0.05) is 11.6 Å². The molecular formula is C15H17N5O2S. The minimum Gasteiger partial charge on any atom is -0.335 e. The van der Waals surface area contributed by atoms with Gasteiger partial charge in [-0.15, -0.1) is 5.10 Å². The number of aromatic amines is 1. The zero-order chi connectivity index (χ0) is 16.2. The van der Waals surface area contributed by atoms with E-state index < -0.39 is 11.3 Å². The van der Waals surface area contributed by atoms with Crippen LogP contribution >= 0.6 is 11.8 Å². The lowest BCUT2D eigenvalue weighted by molar-refractivity contribution is -0.119. The molecule has 3 amide bonds. The van der Waals surface area contributed by atoms with Crippen molar-refractivity contribution in [3.8, 4) is 11.4 Å². The predicted molar refractivity (Wildman–Crippen MR) is 86.8 cm³/mol. The van der Waals surface area contributed by atoms with Crippen LogP contribution in [-0.2, 0) is 4.79 Å². The number of H-pyrrole nitrogens is 1. The first kappa shape index (κ1) is 15.5. The third-order valence-corrected chi connectivity index (χ3v) is 4.27. The highest BCUT2D eigenvalue weighted by Crippen LogP contribution is 2.22. The normalized spacial score (nSPS) is 15.0. The number of carbonyl (C=O) groups excluding carboxylic acids is 2. The molecule has 0 aliphatic heterocycles. The molecular weight excluding hydrogens is 314 g/mol. The Kier molecular flexibility index (Phi) is 4.61. The van der Waals surface area contributed by atoms with Crippen molar-refractivity contribution in [1.29, 1.82) is 0 Å². The van der Waals surface area contributed by atoms with E-state index in [1.165, 1.54) is 11.8 Å². The van der Waals surface area contributed by atoms with E-state index in [4.69, 9.17) is 0 Å². The number of imide groups is 1. The molecule has 3 N–H and O–H groups in total. The number of nitrogens with one attached hydrogen (secondary N) is 3. The first-order valence-corrected chi connectivity index (χ1v) is 8.25. The van der Waals surface area contributed by atoms with E-state index in [-0.39, 0.29) is 11.9 Å². The zero-order valence-corrected chi connectivity index (χ0v) is 13.4. The average molecular weight is 331 g/mol. The van der Waals surface area contributed by atoms with Crippen LogP contribution in [0.5, 0.6) is 0 Å². The number of aromatic nitrogens is 3. The molecule has 1 atom stereocenters. The second kappa shape index (κ2) is 6.82. The fourth-order valence-electron chi connectivity index (χ4n) is 1.90. The van der Waals surface area contributed by atoms with E-state index in [0.29, 0.717) is 11.0 Å². The van der Waals surface area contributed by atoms with Gasteiger partial charge in [-0.3, -0.25) is 15.2 Å². The summed E-state index contributed by atoms with van der Waals surface area (Å²) in [6.07, 6.45) is 1.96. The predicted octanol–water partition coefficient (Wildman–Crippen LogP) is 1.94. The van der Waals surface area contributed by atoms with Gasteiger partial charge in [0.05, 0.1) is 5.25 Å². The van der Waals surface area contributed by atoms with Crippen molar-refractivity contribution >= 4 is 23.7 Å². The summed E-state index contributed by atoms with van der Waals surface area (Å²) in [5, 5.41) is 12.0. The molecule has 1 aromatic carbocycles. The summed E-state index contributed by atoms with van der Waals surface area (Å²) < 4.78 is 0. The second-order valence-corrected chi connectivity index (χ2v) is 6.64. The molecule has 1 saturated carbocycles. The lowest BCUT2D eigenvalue weighted by Crippen LogP contribution is -2.43. The van der Waals surface area contributed by atoms with Crippen LogP contribution in [0.2, 0.25) is 0 Å². The Morgan fingerprint density at radius 3 is 2.74 bits per heavy atom. The van der Waals surface area contributed by atoms with Crippen LogP contribution < -0.4 is 10.6 Å². The Hall–Kier alpha value is -2.35. The number of amides is 3. The van der Waals surface area contributed by atoms with Crippen molar-refractivity contribution in [2.75, 3.05) is 0 Å². The van der Waals surface area contributed by atoms with Crippen LogP contribution in [0.3, 0.4) is 0 Å². The molecule has 1 unspecified atom stereocenters. The number of hydrogen-bond donors (Lipinski definition) is 3. The number of carbonyl (C=O) groups is 2. The van der Waals surface area contributed by atoms with E-state index in [1.54, 1.807) is 6.92 Å². The van der Waals surface area contributed by atoms with Gasteiger partial charge in [0.15, 0.2) is 5.82 Å². The van der Waals surface area contributed by atoms with Crippen LogP contribution in [0.1, 0.15) is 19.8 Å². The van der Waals surface area contributed by atoms with Crippen LogP contribution in [0.15, 0.2) is 35.5 Å². The first-order chi connectivity index (χ1) is 11.1. The van der Waals surface area contributed by atoms with Crippen molar-refractivity contribution < 1.29 is 9.59 Å². The average Bonchev–Trinajstić information content (AvgIpc) is 3.23. The highest BCUT2D eigenvalue weighted by Gasteiger charge is 2.25. The summed E-state index contributed by atoms with van der Waals surface area (Å²) in [7, 11) is 0. The Balaban J connectivity index is 1.55. The molecule has 0 saturated heterocycles. The Bertz CT molecular complexity index is 699. The van der Waals surface area contributed by atoms with E-state index in [2.05, 4.69) is 25.8 Å². The maximum Gasteiger partial charge on any atom is 0.321 e. The van der Waals surface area contributed by atoms with Gasteiger partial charge in [-0.1, -0.05) is 42.1 Å². The summed E-state index contributed by atoms with van der Waals surface area (Å²) in [5.74, 6) is 0.284. The highest BCUT2D eigenvalue weighted by molar-refractivity contribution is 8.00. The number of nitrogens with zero attached hydrogens (tertiary/aromatic N) is 2. The van der Waals surface area contributed by atoms with E-state index in [1.807, 2.05) is 30.3 Å². The summed E-state index contributed by atoms with van der Waals surface area (Å²) in [5.41, 5.74) is 0.924. The molecule has 7 nitrogen and oxygen atoms in total. The van der Waals surface area contributed by atoms with Gasteiger partial charge < -0.3 is 5.32 Å². The maximum absolute atomic E-state index is 12.0. The molecule has 1 heterocycles. The summed E-state index contributed by atoms with van der Waals surface area (Å²) in [4.78, 5) is 27.9. The highest BCUT2D eigenvalue weighted by atomic mass is 32.2. The largest absolute Gasteiger partial charge is 0.335 e. The molecule has 1 aromatic heterocycles. The Morgan fingerprint density at radius 2 is 2.04 bits per heavy atom. The van der Waals surface area contributed by atoms with E-state index >= 15 is 0 Å². The van der Waals surface area contributed by atoms with Gasteiger partial charge in [0.1, 0.15) is 0 Å². The van der Waals surface area contributed by atoms with E-state index in [9.17, 15) is 9.59 Å². The van der Waals surface area contributed by atoms with Crippen LogP contribution in [0, 0.1) is 0 Å². The van der Waals surface area contributed by atoms with E-state index in [0.717, 1.165) is 18.4 Å². The van der Waals surface area contributed by atoms with Crippen LogP contribution in [0.25, 0.3) is 11.4 Å². The molecule has 1 fully saturated rings. The molecule has 120 valence electrons. The first-order valence-electron chi connectivity index (χ1n) is 7.37. The smallest absolute Gasteiger partial charge is 0.321 e. The molecule has 2 aromatic rings. The molecule has 0 spiro atoms. The number of benzene rings is 1. The van der Waals surface area contributed by atoms with Gasteiger partial charge >= 0.3 is 6.03 Å². The number of rotatable bonds is 5. The van der Waals surface area contributed by atoms with Gasteiger partial charge in [-0.25, -0.2) is 9.78 Å². The molecule has 1 aliphatic carbocycles. The zero-order valence-electron chi connectivity index (χ0n) is 12.6. The molecule has 8 heteroatoms. The topological polar surface area (TPSA) is 99.8 Å². The Morgan fingerprint density at radius 1 is 1.30 bits per heavy atom. The SMILES string of the molecule is CC(Sc1n[nH]c(-c2ccccc2)n1)C(=O)NC(=O)NC1CC1. The lowest BCUT2D eigenvalue weighted by atomic mass is 10.2. The second-order valence-electron chi connectivity index (χ2n) is 5.33. The Labute approximate surface area is 137 Å². The van der Waals surface area contributed by atoms with Crippen molar-refractivity contribution in [3.05, 3.63) is 30.3 Å². The fourth-order valence-corrected chi connectivity index (χ4v) is 2.62. The third kappa shape index (κ3) is 4.32. The van der Waals surface area contributed by atoms with Gasteiger partial charge in [-0.2, -0.15) is 0 Å². The monoisotopic (exact) mass is 331 g/mol. The minimum atomic E-state index is -0.473. The fraction of sp³-hybridized carbons (Fsp3) is 0.333. The van der Waals surface area contributed by atoms with Gasteiger partial charge in [0.2, 0.25) is 11.1 Å². The maximum atomic E-state index is 12.0. The lowest BCUT2D eigenvalue weighted by Gasteiger charge is -2.09. The molecule has 0 radical (unpaired) electrons. The quantitative estimate of drug-likeness (QED) is 0.727. The minimum absolute atomic E-state index is 0.215. The summed E-state index contributed by atoms with van der Waals surface area (Å²) >= 11 is 1.20.